The van der Waals surface area contributed by atoms with Crippen LogP contribution in [0.5, 0.6) is 5.75 Å². The number of methoxy groups -OCH3 is 1. The molecule has 2 N–H and O–H groups in total. The molecule has 128 valence electrons. The summed E-state index contributed by atoms with van der Waals surface area (Å²) in [5.74, 6) is 0.606. The molecule has 0 spiro atoms. The molecule has 0 aliphatic carbocycles. The Balaban J connectivity index is 2.51. The summed E-state index contributed by atoms with van der Waals surface area (Å²) in [6.45, 7) is 5.62. The average Bonchev–Trinajstić information content (AvgIpc) is 2.49. The molecule has 0 aliphatic heterocycles. The van der Waals surface area contributed by atoms with Gasteiger partial charge < -0.3 is 20.1 Å². The Bertz CT molecular complexity index is 526. The molecular weight excluding hydrogens is 316 g/mol. The molecular formula is C16H24N2O4S. The summed E-state index contributed by atoms with van der Waals surface area (Å²) in [5.41, 5.74) is 0.305. The highest BCUT2D eigenvalue weighted by atomic mass is 32.1. The first-order valence-electron chi connectivity index (χ1n) is 7.26. The number of benzene rings is 1. The Morgan fingerprint density at radius 2 is 1.83 bits per heavy atom. The van der Waals surface area contributed by atoms with Crippen LogP contribution < -0.4 is 15.4 Å². The summed E-state index contributed by atoms with van der Waals surface area (Å²) in [6, 6.07) is 6.59. The third-order valence-corrected chi connectivity index (χ3v) is 3.18. The lowest BCUT2D eigenvalue weighted by Crippen LogP contribution is -2.49. The third-order valence-electron chi connectivity index (χ3n) is 2.82. The molecule has 0 aromatic heterocycles. The van der Waals surface area contributed by atoms with Crippen LogP contribution in [0.25, 0.3) is 0 Å². The minimum atomic E-state index is -0.758. The number of hydrogen-bond donors (Lipinski definition) is 3. The Morgan fingerprint density at radius 3 is 2.30 bits per heavy atom. The van der Waals surface area contributed by atoms with E-state index in [1.54, 1.807) is 27.9 Å². The van der Waals surface area contributed by atoms with Crippen molar-refractivity contribution in [2.24, 2.45) is 0 Å². The van der Waals surface area contributed by atoms with E-state index in [-0.39, 0.29) is 11.7 Å². The first-order chi connectivity index (χ1) is 10.7. The molecule has 0 radical (unpaired) electrons. The van der Waals surface area contributed by atoms with Gasteiger partial charge in [0.25, 0.3) is 0 Å². The van der Waals surface area contributed by atoms with E-state index in [9.17, 15) is 9.59 Å². The molecule has 23 heavy (non-hydrogen) atoms. The second-order valence-electron chi connectivity index (χ2n) is 5.95. The van der Waals surface area contributed by atoms with Gasteiger partial charge in [0.15, 0.2) is 0 Å². The Morgan fingerprint density at radius 1 is 1.22 bits per heavy atom. The van der Waals surface area contributed by atoms with Crippen molar-refractivity contribution in [3.05, 3.63) is 29.8 Å². The molecule has 0 bridgehead atoms. The minimum absolute atomic E-state index is 0.174. The number of rotatable bonds is 6. The fraction of sp³-hybridized carbons (Fsp3) is 0.500. The predicted octanol–water partition coefficient (Wildman–Crippen LogP) is 2.13. The first-order valence-corrected chi connectivity index (χ1v) is 7.89. The van der Waals surface area contributed by atoms with Crippen LogP contribution >= 0.6 is 12.6 Å². The van der Waals surface area contributed by atoms with E-state index in [0.717, 1.165) is 11.3 Å². The van der Waals surface area contributed by atoms with Crippen LogP contribution in [0.1, 0.15) is 26.3 Å². The van der Waals surface area contributed by atoms with Gasteiger partial charge in [-0.05, 0) is 38.5 Å². The molecule has 0 fully saturated rings. The maximum atomic E-state index is 12.1. The van der Waals surface area contributed by atoms with Crippen molar-refractivity contribution < 1.29 is 19.1 Å². The lowest BCUT2D eigenvalue weighted by Gasteiger charge is -2.22. The fourth-order valence-electron chi connectivity index (χ4n) is 1.70. The predicted molar refractivity (Wildman–Crippen MR) is 91.9 cm³/mol. The normalized spacial score (nSPS) is 12.2. The molecule has 1 atom stereocenters. The Kier molecular flexibility index (Phi) is 7.22. The van der Waals surface area contributed by atoms with Gasteiger partial charge in [-0.2, -0.15) is 12.6 Å². The molecule has 1 rings (SSSR count). The smallest absolute Gasteiger partial charge is 0.408 e. The summed E-state index contributed by atoms with van der Waals surface area (Å²) >= 11 is 4.10. The summed E-state index contributed by atoms with van der Waals surface area (Å²) in [6.07, 6.45) is -0.642. The maximum Gasteiger partial charge on any atom is 0.408 e. The molecule has 0 unspecified atom stereocenters. The number of carbonyl (C=O) groups is 2. The van der Waals surface area contributed by atoms with Crippen LogP contribution in [0, 0.1) is 0 Å². The third kappa shape index (κ3) is 7.27. The van der Waals surface area contributed by atoms with Crippen molar-refractivity contribution in [1.82, 2.24) is 10.6 Å². The highest BCUT2D eigenvalue weighted by molar-refractivity contribution is 7.80. The van der Waals surface area contributed by atoms with Crippen molar-refractivity contribution >= 4 is 24.6 Å². The summed E-state index contributed by atoms with van der Waals surface area (Å²) < 4.78 is 10.2. The van der Waals surface area contributed by atoms with E-state index >= 15 is 0 Å². The van der Waals surface area contributed by atoms with E-state index in [2.05, 4.69) is 23.3 Å². The van der Waals surface area contributed by atoms with Crippen molar-refractivity contribution in [3.63, 3.8) is 0 Å². The van der Waals surface area contributed by atoms with Crippen LogP contribution in [-0.4, -0.2) is 36.5 Å². The van der Waals surface area contributed by atoms with Gasteiger partial charge in [0.2, 0.25) is 5.91 Å². The van der Waals surface area contributed by atoms with E-state index in [4.69, 9.17) is 9.47 Å². The maximum absolute atomic E-state index is 12.1. The second-order valence-corrected chi connectivity index (χ2v) is 6.31. The number of nitrogens with one attached hydrogen (secondary N) is 2. The van der Waals surface area contributed by atoms with Gasteiger partial charge in [0, 0.05) is 12.3 Å². The van der Waals surface area contributed by atoms with E-state index in [1.165, 1.54) is 0 Å². The van der Waals surface area contributed by atoms with E-state index in [0.29, 0.717) is 6.54 Å². The van der Waals surface area contributed by atoms with Crippen molar-refractivity contribution in [3.8, 4) is 5.75 Å². The number of alkyl carbamates (subject to hydrolysis) is 1. The van der Waals surface area contributed by atoms with Crippen molar-refractivity contribution in [2.75, 3.05) is 12.9 Å². The van der Waals surface area contributed by atoms with Gasteiger partial charge in [0.1, 0.15) is 17.4 Å². The second kappa shape index (κ2) is 8.67. The molecule has 0 saturated heterocycles. The fourth-order valence-corrected chi connectivity index (χ4v) is 1.96. The zero-order valence-electron chi connectivity index (χ0n) is 13.9. The highest BCUT2D eigenvalue weighted by Gasteiger charge is 2.23. The number of thiol groups is 1. The Labute approximate surface area is 142 Å². The van der Waals surface area contributed by atoms with Crippen molar-refractivity contribution in [1.29, 1.82) is 0 Å². The summed E-state index contributed by atoms with van der Waals surface area (Å²) in [7, 11) is 1.59. The largest absolute Gasteiger partial charge is 0.497 e. The molecule has 7 heteroatoms. The van der Waals surface area contributed by atoms with Crippen molar-refractivity contribution in [2.45, 2.75) is 39.0 Å². The quantitative estimate of drug-likeness (QED) is 0.694. The molecule has 1 aromatic rings. The van der Waals surface area contributed by atoms with Gasteiger partial charge in [-0.3, -0.25) is 4.79 Å². The van der Waals surface area contributed by atoms with Gasteiger partial charge in [-0.15, -0.1) is 0 Å². The SMILES string of the molecule is COc1ccc(CNC(=O)[C@H](CS)NC(=O)OC(C)(C)C)cc1. The standard InChI is InChI=1S/C16H24N2O4S/c1-16(2,3)22-15(20)18-13(10-23)14(19)17-9-11-5-7-12(21-4)8-6-11/h5-8,13,23H,9-10H2,1-4H3,(H,17,19)(H,18,20)/t13-/m0/s1. The van der Waals surface area contributed by atoms with Gasteiger partial charge in [0.05, 0.1) is 7.11 Å². The van der Waals surface area contributed by atoms with Crippen LogP contribution in [0.2, 0.25) is 0 Å². The topological polar surface area (TPSA) is 76.7 Å². The number of amides is 2. The van der Waals surface area contributed by atoms with E-state index < -0.39 is 17.7 Å². The lowest BCUT2D eigenvalue weighted by molar-refractivity contribution is -0.122. The van der Waals surface area contributed by atoms with E-state index in [1.807, 2.05) is 24.3 Å². The Hall–Kier alpha value is -1.89. The first kappa shape index (κ1) is 19.2. The van der Waals surface area contributed by atoms with Gasteiger partial charge in [-0.25, -0.2) is 4.79 Å². The van der Waals surface area contributed by atoms with Gasteiger partial charge >= 0.3 is 6.09 Å². The van der Waals surface area contributed by atoms with Gasteiger partial charge in [-0.1, -0.05) is 12.1 Å². The van der Waals surface area contributed by atoms with Crippen LogP contribution in [0.15, 0.2) is 24.3 Å². The summed E-state index contributed by atoms with van der Waals surface area (Å²) in [4.78, 5) is 23.8. The monoisotopic (exact) mass is 340 g/mol. The number of carbonyl (C=O) groups excluding carboxylic acids is 2. The van der Waals surface area contributed by atoms with Crippen LogP contribution in [0.4, 0.5) is 4.79 Å². The minimum Gasteiger partial charge on any atom is -0.497 e. The van der Waals surface area contributed by atoms with Crippen LogP contribution in [-0.2, 0) is 16.1 Å². The summed E-state index contributed by atoms with van der Waals surface area (Å²) in [5, 5.41) is 5.26. The highest BCUT2D eigenvalue weighted by Crippen LogP contribution is 2.11. The lowest BCUT2D eigenvalue weighted by atomic mass is 10.2. The zero-order valence-corrected chi connectivity index (χ0v) is 14.8. The molecule has 1 aromatic carbocycles. The zero-order chi connectivity index (χ0) is 17.5. The molecule has 2 amide bonds. The molecule has 0 saturated carbocycles. The molecule has 6 nitrogen and oxygen atoms in total. The average molecular weight is 340 g/mol. The van der Waals surface area contributed by atoms with Crippen LogP contribution in [0.3, 0.4) is 0 Å². The number of hydrogen-bond acceptors (Lipinski definition) is 5. The molecule has 0 heterocycles. The molecule has 0 aliphatic rings. The number of ether oxygens (including phenoxy) is 2.